The van der Waals surface area contributed by atoms with Crippen LogP contribution in [0, 0.1) is 5.92 Å². The fourth-order valence-corrected chi connectivity index (χ4v) is 3.71. The van der Waals surface area contributed by atoms with Gasteiger partial charge in [-0.25, -0.2) is 0 Å². The first-order valence-electron chi connectivity index (χ1n) is 8.27. The second-order valence-corrected chi connectivity index (χ2v) is 6.52. The lowest BCUT2D eigenvalue weighted by Crippen LogP contribution is -2.49. The summed E-state index contributed by atoms with van der Waals surface area (Å²) in [5, 5.41) is 0. The summed E-state index contributed by atoms with van der Waals surface area (Å²) in [5.74, 6) is 2.02. The number of benzene rings is 1. The van der Waals surface area contributed by atoms with Gasteiger partial charge in [0.1, 0.15) is 11.5 Å². The van der Waals surface area contributed by atoms with Crippen molar-refractivity contribution in [1.29, 1.82) is 0 Å². The highest BCUT2D eigenvalue weighted by molar-refractivity contribution is 5.81. The molecule has 0 bridgehead atoms. The third kappa shape index (κ3) is 3.05. The molecule has 3 rings (SSSR count). The Hall–Kier alpha value is -2.24. The van der Waals surface area contributed by atoms with Gasteiger partial charge in [0.25, 0.3) is 0 Å². The monoisotopic (exact) mass is 332 g/mol. The number of likely N-dealkylation sites (tertiary alicyclic amines) is 2. The lowest BCUT2D eigenvalue weighted by Gasteiger charge is -2.37. The van der Waals surface area contributed by atoms with Gasteiger partial charge >= 0.3 is 0 Å². The van der Waals surface area contributed by atoms with Crippen molar-refractivity contribution in [3.05, 3.63) is 23.8 Å². The molecule has 0 spiro atoms. The van der Waals surface area contributed by atoms with Crippen LogP contribution in [0.1, 0.15) is 18.4 Å². The summed E-state index contributed by atoms with van der Waals surface area (Å²) >= 11 is 0. The average Bonchev–Trinajstić information content (AvgIpc) is 2.89. The summed E-state index contributed by atoms with van der Waals surface area (Å²) in [6, 6.07) is 5.65. The number of fused-ring (bicyclic) bond motifs is 1. The SMILES string of the molecule is COc1ccc(CC(=O)N2CC[C@@H]3CC(=O)N(C)[C@@H]3C2)c(OC)c1. The molecule has 0 saturated carbocycles. The van der Waals surface area contributed by atoms with E-state index in [4.69, 9.17) is 9.47 Å². The maximum atomic E-state index is 12.7. The lowest BCUT2D eigenvalue weighted by atomic mass is 9.92. The minimum Gasteiger partial charge on any atom is -0.497 e. The molecule has 6 heteroatoms. The molecule has 6 nitrogen and oxygen atoms in total. The van der Waals surface area contributed by atoms with Crippen molar-refractivity contribution in [3.8, 4) is 11.5 Å². The molecule has 2 aliphatic rings. The molecule has 1 aromatic rings. The maximum absolute atomic E-state index is 12.7. The first-order valence-corrected chi connectivity index (χ1v) is 8.27. The quantitative estimate of drug-likeness (QED) is 0.834. The molecule has 2 fully saturated rings. The Morgan fingerprint density at radius 2 is 2.08 bits per heavy atom. The normalized spacial score (nSPS) is 23.2. The molecule has 24 heavy (non-hydrogen) atoms. The van der Waals surface area contributed by atoms with Gasteiger partial charge in [-0.3, -0.25) is 9.59 Å². The van der Waals surface area contributed by atoms with E-state index >= 15 is 0 Å². The molecular formula is C18H24N2O4. The molecule has 1 aromatic carbocycles. The summed E-state index contributed by atoms with van der Waals surface area (Å²) < 4.78 is 10.6. The van der Waals surface area contributed by atoms with Crippen molar-refractivity contribution in [3.63, 3.8) is 0 Å². The van der Waals surface area contributed by atoms with Gasteiger partial charge in [0.2, 0.25) is 11.8 Å². The number of carbonyl (C=O) groups is 2. The predicted octanol–water partition coefficient (Wildman–Crippen LogP) is 1.33. The highest BCUT2D eigenvalue weighted by atomic mass is 16.5. The van der Waals surface area contributed by atoms with Crippen molar-refractivity contribution in [2.24, 2.45) is 5.92 Å². The van der Waals surface area contributed by atoms with Crippen LogP contribution in [0.4, 0.5) is 0 Å². The molecule has 130 valence electrons. The van der Waals surface area contributed by atoms with Gasteiger partial charge in [0, 0.05) is 38.2 Å². The molecule has 2 atom stereocenters. The minimum atomic E-state index is 0.0738. The van der Waals surface area contributed by atoms with Crippen molar-refractivity contribution in [2.75, 3.05) is 34.4 Å². The van der Waals surface area contributed by atoms with E-state index in [1.165, 1.54) is 0 Å². The predicted molar refractivity (Wildman–Crippen MR) is 89.1 cm³/mol. The number of carbonyl (C=O) groups excluding carboxylic acids is 2. The zero-order chi connectivity index (χ0) is 17.3. The third-order valence-corrected chi connectivity index (χ3v) is 5.24. The molecule has 2 aliphatic heterocycles. The van der Waals surface area contributed by atoms with E-state index in [0.29, 0.717) is 36.8 Å². The van der Waals surface area contributed by atoms with E-state index in [2.05, 4.69) is 0 Å². The van der Waals surface area contributed by atoms with Gasteiger partial charge in [-0.15, -0.1) is 0 Å². The van der Waals surface area contributed by atoms with Gasteiger partial charge in [-0.2, -0.15) is 0 Å². The standard InChI is InChI=1S/C18H24N2O4/c1-19-15-11-20(7-6-12(15)8-17(19)21)18(22)9-13-4-5-14(23-2)10-16(13)24-3/h4-5,10,12,15H,6-9,11H2,1-3H3/t12-,15-/m1/s1. The second kappa shape index (κ2) is 6.71. The fourth-order valence-electron chi connectivity index (χ4n) is 3.71. The summed E-state index contributed by atoms with van der Waals surface area (Å²) in [4.78, 5) is 28.2. The summed E-state index contributed by atoms with van der Waals surface area (Å²) in [5.41, 5.74) is 0.848. The van der Waals surface area contributed by atoms with E-state index in [1.807, 2.05) is 24.1 Å². The maximum Gasteiger partial charge on any atom is 0.227 e. The van der Waals surface area contributed by atoms with E-state index < -0.39 is 0 Å². The molecular weight excluding hydrogens is 308 g/mol. The first kappa shape index (κ1) is 16.6. The molecule has 2 heterocycles. The topological polar surface area (TPSA) is 59.1 Å². The molecule has 0 radical (unpaired) electrons. The Balaban J connectivity index is 1.68. The van der Waals surface area contributed by atoms with E-state index in [-0.39, 0.29) is 17.9 Å². The highest BCUT2D eigenvalue weighted by Gasteiger charge is 2.41. The number of ether oxygens (including phenoxy) is 2. The van der Waals surface area contributed by atoms with Crippen LogP contribution in [-0.4, -0.2) is 62.0 Å². The number of amides is 2. The Morgan fingerprint density at radius 1 is 1.29 bits per heavy atom. The van der Waals surface area contributed by atoms with Crippen LogP contribution in [0.3, 0.4) is 0 Å². The number of rotatable bonds is 4. The Morgan fingerprint density at radius 3 is 2.79 bits per heavy atom. The molecule has 0 N–H and O–H groups in total. The van der Waals surface area contributed by atoms with Crippen LogP contribution in [0.2, 0.25) is 0 Å². The van der Waals surface area contributed by atoms with Crippen LogP contribution in [0.15, 0.2) is 18.2 Å². The van der Waals surface area contributed by atoms with Gasteiger partial charge < -0.3 is 19.3 Å². The van der Waals surface area contributed by atoms with Crippen LogP contribution in [0.5, 0.6) is 11.5 Å². The van der Waals surface area contributed by atoms with Gasteiger partial charge in [-0.05, 0) is 18.4 Å². The first-order chi connectivity index (χ1) is 11.5. The van der Waals surface area contributed by atoms with Crippen LogP contribution < -0.4 is 9.47 Å². The summed E-state index contributed by atoms with van der Waals surface area (Å²) in [6.07, 6.45) is 1.81. The average molecular weight is 332 g/mol. The fraction of sp³-hybridized carbons (Fsp3) is 0.556. The number of hydrogen-bond acceptors (Lipinski definition) is 4. The highest BCUT2D eigenvalue weighted by Crippen LogP contribution is 2.32. The second-order valence-electron chi connectivity index (χ2n) is 6.52. The molecule has 0 aromatic heterocycles. The lowest BCUT2D eigenvalue weighted by molar-refractivity contribution is -0.134. The van der Waals surface area contributed by atoms with Gasteiger partial charge in [0.15, 0.2) is 0 Å². The van der Waals surface area contributed by atoms with Crippen molar-refractivity contribution in [1.82, 2.24) is 9.80 Å². The number of piperidine rings is 1. The third-order valence-electron chi connectivity index (χ3n) is 5.24. The van der Waals surface area contributed by atoms with E-state index in [9.17, 15) is 9.59 Å². The number of likely N-dealkylation sites (N-methyl/N-ethyl adjacent to an activating group) is 1. The minimum absolute atomic E-state index is 0.0738. The Kier molecular flexibility index (Phi) is 4.64. The molecule has 0 unspecified atom stereocenters. The van der Waals surface area contributed by atoms with Gasteiger partial charge in [0.05, 0.1) is 26.7 Å². The van der Waals surface area contributed by atoms with Crippen LogP contribution in [0.25, 0.3) is 0 Å². The van der Waals surface area contributed by atoms with Crippen molar-refractivity contribution in [2.45, 2.75) is 25.3 Å². The van der Waals surface area contributed by atoms with Crippen molar-refractivity contribution < 1.29 is 19.1 Å². The van der Waals surface area contributed by atoms with Crippen LogP contribution in [-0.2, 0) is 16.0 Å². The van der Waals surface area contributed by atoms with Crippen LogP contribution >= 0.6 is 0 Å². The number of methoxy groups -OCH3 is 2. The Labute approximate surface area is 142 Å². The zero-order valence-corrected chi connectivity index (χ0v) is 14.4. The molecule has 0 aliphatic carbocycles. The zero-order valence-electron chi connectivity index (χ0n) is 14.4. The Bertz CT molecular complexity index is 646. The van der Waals surface area contributed by atoms with Crippen molar-refractivity contribution >= 4 is 11.8 Å². The largest absolute Gasteiger partial charge is 0.497 e. The summed E-state index contributed by atoms with van der Waals surface area (Å²) in [6.45, 7) is 1.35. The number of hydrogen-bond donors (Lipinski definition) is 0. The molecule has 2 amide bonds. The number of nitrogens with zero attached hydrogens (tertiary/aromatic N) is 2. The van der Waals surface area contributed by atoms with E-state index in [0.717, 1.165) is 18.5 Å². The van der Waals surface area contributed by atoms with E-state index in [1.54, 1.807) is 25.2 Å². The smallest absolute Gasteiger partial charge is 0.227 e. The summed E-state index contributed by atoms with van der Waals surface area (Å²) in [7, 11) is 5.03. The molecule has 2 saturated heterocycles. The van der Waals surface area contributed by atoms with Gasteiger partial charge in [-0.1, -0.05) is 6.07 Å².